The molecule has 20 heavy (non-hydrogen) atoms. The number of hydrogen-bond donors (Lipinski definition) is 0. The fourth-order valence-corrected chi connectivity index (χ4v) is 2.72. The number of benzene rings is 1. The van der Waals surface area contributed by atoms with Crippen LogP contribution in [-0.2, 0) is 16.1 Å². The van der Waals surface area contributed by atoms with E-state index in [4.69, 9.17) is 4.74 Å². The Morgan fingerprint density at radius 1 is 1.50 bits per heavy atom. The fraction of sp³-hybridized carbons (Fsp3) is 0.438. The van der Waals surface area contributed by atoms with Gasteiger partial charge in [0.25, 0.3) is 5.91 Å². The van der Waals surface area contributed by atoms with E-state index in [2.05, 4.69) is 37.1 Å². The summed E-state index contributed by atoms with van der Waals surface area (Å²) in [6, 6.07) is 8.32. The van der Waals surface area contributed by atoms with Crippen LogP contribution in [0.2, 0.25) is 0 Å². The van der Waals surface area contributed by atoms with Crippen LogP contribution in [0.15, 0.2) is 41.8 Å². The van der Waals surface area contributed by atoms with E-state index < -0.39 is 0 Å². The molecular formula is C16H21NO2S. The lowest BCUT2D eigenvalue weighted by molar-refractivity contribution is -0.141. The third-order valence-corrected chi connectivity index (χ3v) is 4.14. The van der Waals surface area contributed by atoms with Gasteiger partial charge in [-0.05, 0) is 36.8 Å². The zero-order valence-electron chi connectivity index (χ0n) is 11.9. The SMILES string of the molecule is C=CCN(Cc1ccc(SC)cc1)C(=O)C1CCCO1. The molecule has 0 spiro atoms. The average molecular weight is 291 g/mol. The van der Waals surface area contributed by atoms with E-state index in [1.54, 1.807) is 17.8 Å². The van der Waals surface area contributed by atoms with Crippen LogP contribution in [0.1, 0.15) is 18.4 Å². The number of rotatable bonds is 6. The largest absolute Gasteiger partial charge is 0.368 e. The summed E-state index contributed by atoms with van der Waals surface area (Å²) in [6.45, 7) is 5.60. The predicted octanol–water partition coefficient (Wildman–Crippen LogP) is 3.10. The van der Waals surface area contributed by atoms with Gasteiger partial charge in [0.2, 0.25) is 0 Å². The zero-order valence-corrected chi connectivity index (χ0v) is 12.7. The molecule has 1 unspecified atom stereocenters. The average Bonchev–Trinajstić information content (AvgIpc) is 3.01. The topological polar surface area (TPSA) is 29.5 Å². The number of carbonyl (C=O) groups is 1. The molecule has 4 heteroatoms. The van der Waals surface area contributed by atoms with Crippen molar-refractivity contribution in [3.05, 3.63) is 42.5 Å². The highest BCUT2D eigenvalue weighted by Crippen LogP contribution is 2.18. The second-order valence-corrected chi connectivity index (χ2v) is 5.74. The van der Waals surface area contributed by atoms with Gasteiger partial charge in [0.1, 0.15) is 6.10 Å². The Kier molecular flexibility index (Phi) is 5.68. The van der Waals surface area contributed by atoms with Crippen LogP contribution in [-0.4, -0.2) is 36.3 Å². The second-order valence-electron chi connectivity index (χ2n) is 4.86. The third kappa shape index (κ3) is 3.87. The lowest BCUT2D eigenvalue weighted by Crippen LogP contribution is -2.38. The lowest BCUT2D eigenvalue weighted by Gasteiger charge is -2.24. The summed E-state index contributed by atoms with van der Waals surface area (Å²) in [4.78, 5) is 15.5. The monoisotopic (exact) mass is 291 g/mol. The molecule has 0 bridgehead atoms. The first-order valence-electron chi connectivity index (χ1n) is 6.89. The number of carbonyl (C=O) groups excluding carboxylic acids is 1. The molecule has 1 atom stereocenters. The van der Waals surface area contributed by atoms with Crippen molar-refractivity contribution in [2.75, 3.05) is 19.4 Å². The molecule has 1 saturated heterocycles. The van der Waals surface area contributed by atoms with Crippen molar-refractivity contribution >= 4 is 17.7 Å². The van der Waals surface area contributed by atoms with Gasteiger partial charge in [0, 0.05) is 24.6 Å². The van der Waals surface area contributed by atoms with Gasteiger partial charge >= 0.3 is 0 Å². The molecule has 1 heterocycles. The van der Waals surface area contributed by atoms with Crippen molar-refractivity contribution in [2.24, 2.45) is 0 Å². The highest BCUT2D eigenvalue weighted by molar-refractivity contribution is 7.98. The molecule has 3 nitrogen and oxygen atoms in total. The highest BCUT2D eigenvalue weighted by Gasteiger charge is 2.27. The van der Waals surface area contributed by atoms with Gasteiger partial charge in [-0.15, -0.1) is 18.3 Å². The van der Waals surface area contributed by atoms with E-state index in [9.17, 15) is 4.79 Å². The Labute approximate surface area is 125 Å². The van der Waals surface area contributed by atoms with Crippen LogP contribution in [0.5, 0.6) is 0 Å². The first-order valence-corrected chi connectivity index (χ1v) is 8.11. The van der Waals surface area contributed by atoms with Crippen molar-refractivity contribution in [1.82, 2.24) is 4.90 Å². The van der Waals surface area contributed by atoms with Crippen LogP contribution in [0.3, 0.4) is 0 Å². The summed E-state index contributed by atoms with van der Waals surface area (Å²) < 4.78 is 5.49. The Hall–Kier alpha value is -1.26. The Morgan fingerprint density at radius 2 is 2.25 bits per heavy atom. The molecule has 0 aliphatic carbocycles. The third-order valence-electron chi connectivity index (χ3n) is 3.40. The molecule has 0 aromatic heterocycles. The highest BCUT2D eigenvalue weighted by atomic mass is 32.2. The van der Waals surface area contributed by atoms with Crippen molar-refractivity contribution in [3.63, 3.8) is 0 Å². The maximum atomic E-state index is 12.4. The molecule has 1 aromatic carbocycles. The van der Waals surface area contributed by atoms with E-state index in [1.165, 1.54) is 4.90 Å². The summed E-state index contributed by atoms with van der Waals surface area (Å²) in [5.74, 6) is 0.0799. The molecule has 0 N–H and O–H groups in total. The number of nitrogens with zero attached hydrogens (tertiary/aromatic N) is 1. The van der Waals surface area contributed by atoms with Gasteiger partial charge in [-0.25, -0.2) is 0 Å². The molecule has 0 saturated carbocycles. The molecule has 1 aromatic rings. The minimum absolute atomic E-state index is 0.0799. The molecule has 108 valence electrons. The van der Waals surface area contributed by atoms with Crippen LogP contribution in [0.25, 0.3) is 0 Å². The molecule has 1 fully saturated rings. The van der Waals surface area contributed by atoms with Gasteiger partial charge in [0.05, 0.1) is 0 Å². The van der Waals surface area contributed by atoms with Crippen LogP contribution >= 0.6 is 11.8 Å². The summed E-state index contributed by atoms with van der Waals surface area (Å²) in [6.07, 6.45) is 5.36. The number of thioether (sulfide) groups is 1. The van der Waals surface area contributed by atoms with E-state index in [0.717, 1.165) is 18.4 Å². The van der Waals surface area contributed by atoms with Crippen LogP contribution in [0.4, 0.5) is 0 Å². The normalized spacial score (nSPS) is 17.9. The van der Waals surface area contributed by atoms with Crippen LogP contribution < -0.4 is 0 Å². The van der Waals surface area contributed by atoms with Gasteiger partial charge in [-0.3, -0.25) is 4.79 Å². The van der Waals surface area contributed by atoms with Gasteiger partial charge in [0.15, 0.2) is 0 Å². The first-order chi connectivity index (χ1) is 9.74. The van der Waals surface area contributed by atoms with Gasteiger partial charge < -0.3 is 9.64 Å². The summed E-state index contributed by atoms with van der Waals surface area (Å²) in [5.41, 5.74) is 1.14. The maximum Gasteiger partial charge on any atom is 0.252 e. The van der Waals surface area contributed by atoms with Gasteiger partial charge in [-0.2, -0.15) is 0 Å². The summed E-state index contributed by atoms with van der Waals surface area (Å²) >= 11 is 1.72. The second kappa shape index (κ2) is 7.50. The first kappa shape index (κ1) is 15.1. The standard InChI is InChI=1S/C16H21NO2S/c1-3-10-17(16(18)15-5-4-11-19-15)12-13-6-8-14(20-2)9-7-13/h3,6-9,15H,1,4-5,10-12H2,2H3. The molecule has 2 rings (SSSR count). The van der Waals surface area contributed by atoms with Gasteiger partial charge in [-0.1, -0.05) is 18.2 Å². The summed E-state index contributed by atoms with van der Waals surface area (Å²) in [7, 11) is 0. The van der Waals surface area contributed by atoms with E-state index in [-0.39, 0.29) is 12.0 Å². The molecule has 0 radical (unpaired) electrons. The lowest BCUT2D eigenvalue weighted by atomic mass is 10.1. The van der Waals surface area contributed by atoms with E-state index in [1.807, 2.05) is 4.90 Å². The maximum absolute atomic E-state index is 12.4. The van der Waals surface area contributed by atoms with Crippen molar-refractivity contribution < 1.29 is 9.53 Å². The molecule has 1 aliphatic rings. The molecule has 1 amide bonds. The molecular weight excluding hydrogens is 270 g/mol. The van der Waals surface area contributed by atoms with Crippen LogP contribution in [0, 0.1) is 0 Å². The molecule has 1 aliphatic heterocycles. The summed E-state index contributed by atoms with van der Waals surface area (Å²) in [5, 5.41) is 0. The minimum Gasteiger partial charge on any atom is -0.368 e. The smallest absolute Gasteiger partial charge is 0.252 e. The number of amides is 1. The van der Waals surface area contributed by atoms with E-state index >= 15 is 0 Å². The van der Waals surface area contributed by atoms with E-state index in [0.29, 0.717) is 19.7 Å². The number of hydrogen-bond acceptors (Lipinski definition) is 3. The minimum atomic E-state index is -0.263. The Bertz CT molecular complexity index is 452. The number of ether oxygens (including phenoxy) is 1. The van der Waals surface area contributed by atoms with Crippen molar-refractivity contribution in [3.8, 4) is 0 Å². The fourth-order valence-electron chi connectivity index (χ4n) is 2.32. The predicted molar refractivity (Wildman–Crippen MR) is 82.8 cm³/mol. The Morgan fingerprint density at radius 3 is 2.80 bits per heavy atom. The Balaban J connectivity index is 2.03. The van der Waals surface area contributed by atoms with Crippen molar-refractivity contribution in [1.29, 1.82) is 0 Å². The quantitative estimate of drug-likeness (QED) is 0.596. The van der Waals surface area contributed by atoms with Crippen molar-refractivity contribution in [2.45, 2.75) is 30.4 Å². The zero-order chi connectivity index (χ0) is 14.4.